The molecule has 1 aliphatic heterocycles. The molecule has 0 amide bonds. The molecule has 5 nitrogen and oxygen atoms in total. The van der Waals surface area contributed by atoms with E-state index in [1.165, 1.54) is 0 Å². The van der Waals surface area contributed by atoms with Crippen LogP contribution in [0.3, 0.4) is 0 Å². The predicted octanol–water partition coefficient (Wildman–Crippen LogP) is 1.08. The molecular weight excluding hydrogens is 238 g/mol. The van der Waals surface area contributed by atoms with Crippen LogP contribution in [0.25, 0.3) is 0 Å². The molecule has 0 radical (unpaired) electrons. The topological polar surface area (TPSA) is 72.0 Å². The summed E-state index contributed by atoms with van der Waals surface area (Å²) in [7, 11) is -2.88. The van der Waals surface area contributed by atoms with Gasteiger partial charge in [0.25, 0.3) is 0 Å². The van der Waals surface area contributed by atoms with E-state index >= 15 is 0 Å². The van der Waals surface area contributed by atoms with Crippen molar-refractivity contribution in [2.75, 3.05) is 16.8 Å². The van der Waals surface area contributed by atoms with Gasteiger partial charge in [-0.15, -0.1) is 0 Å². The van der Waals surface area contributed by atoms with Crippen molar-refractivity contribution < 1.29 is 8.42 Å². The molecule has 0 saturated carbocycles. The summed E-state index contributed by atoms with van der Waals surface area (Å²) >= 11 is 0. The zero-order valence-electron chi connectivity index (χ0n) is 10.1. The average Bonchev–Trinajstić information content (AvgIpc) is 2.13. The van der Waals surface area contributed by atoms with Gasteiger partial charge in [0.2, 0.25) is 0 Å². The summed E-state index contributed by atoms with van der Waals surface area (Å²) in [4.78, 5) is 8.45. The first-order valence-corrected chi connectivity index (χ1v) is 7.56. The highest BCUT2D eigenvalue weighted by atomic mass is 32.2. The highest BCUT2D eigenvalue weighted by molar-refractivity contribution is 7.91. The smallest absolute Gasteiger partial charge is 0.152 e. The van der Waals surface area contributed by atoms with E-state index in [1.54, 1.807) is 0 Å². The second-order valence-electron chi connectivity index (χ2n) is 4.54. The summed E-state index contributed by atoms with van der Waals surface area (Å²) in [6.07, 6.45) is 1.60. The minimum absolute atomic E-state index is 0.0255. The van der Waals surface area contributed by atoms with E-state index < -0.39 is 9.84 Å². The molecule has 1 aromatic heterocycles. The number of aromatic nitrogens is 2. The lowest BCUT2D eigenvalue weighted by molar-refractivity contribution is 0.561. The normalized spacial score (nSPS) is 23.3. The molecule has 6 heteroatoms. The molecule has 0 aliphatic carbocycles. The quantitative estimate of drug-likeness (QED) is 0.856. The van der Waals surface area contributed by atoms with Crippen LogP contribution in [0.15, 0.2) is 6.07 Å². The van der Waals surface area contributed by atoms with Gasteiger partial charge >= 0.3 is 0 Å². The summed E-state index contributed by atoms with van der Waals surface area (Å²) in [6.45, 7) is 3.73. The fourth-order valence-corrected chi connectivity index (χ4v) is 3.77. The lowest BCUT2D eigenvalue weighted by Crippen LogP contribution is -2.35. The van der Waals surface area contributed by atoms with Crippen LogP contribution in [0.1, 0.15) is 24.4 Å². The van der Waals surface area contributed by atoms with E-state index in [2.05, 4.69) is 15.3 Å². The maximum atomic E-state index is 11.5. The molecular formula is C11H17N3O2S. The van der Waals surface area contributed by atoms with Gasteiger partial charge in [0.15, 0.2) is 9.84 Å². The van der Waals surface area contributed by atoms with Crippen molar-refractivity contribution in [1.29, 1.82) is 0 Å². The minimum atomic E-state index is -2.88. The highest BCUT2D eigenvalue weighted by Crippen LogP contribution is 2.16. The third kappa shape index (κ3) is 3.39. The summed E-state index contributed by atoms with van der Waals surface area (Å²) in [5, 5.41) is 3.19. The van der Waals surface area contributed by atoms with Crippen molar-refractivity contribution in [2.45, 2.75) is 32.7 Å². The molecule has 1 fully saturated rings. The van der Waals surface area contributed by atoms with Crippen molar-refractivity contribution >= 4 is 15.7 Å². The van der Waals surface area contributed by atoms with Gasteiger partial charge in [-0.2, -0.15) is 0 Å². The van der Waals surface area contributed by atoms with Crippen LogP contribution in [0, 0.1) is 13.8 Å². The molecule has 1 saturated heterocycles. The van der Waals surface area contributed by atoms with Crippen LogP contribution in [-0.2, 0) is 9.84 Å². The van der Waals surface area contributed by atoms with E-state index in [-0.39, 0.29) is 11.8 Å². The van der Waals surface area contributed by atoms with E-state index in [9.17, 15) is 8.42 Å². The third-order valence-corrected chi connectivity index (χ3v) is 4.60. The number of sulfone groups is 1. The second-order valence-corrected chi connectivity index (χ2v) is 6.77. The Kier molecular flexibility index (Phi) is 3.33. The van der Waals surface area contributed by atoms with E-state index in [0.717, 1.165) is 24.4 Å². The molecule has 1 aromatic rings. The Hall–Kier alpha value is -1.17. The highest BCUT2D eigenvalue weighted by Gasteiger charge is 2.24. The minimum Gasteiger partial charge on any atom is -0.366 e. The molecule has 1 atom stereocenters. The molecule has 94 valence electrons. The van der Waals surface area contributed by atoms with Gasteiger partial charge in [-0.25, -0.2) is 18.4 Å². The summed E-state index contributed by atoms with van der Waals surface area (Å²) in [6, 6.07) is 1.82. The predicted molar refractivity (Wildman–Crippen MR) is 66.8 cm³/mol. The number of hydrogen-bond donors (Lipinski definition) is 1. The molecule has 2 heterocycles. The fraction of sp³-hybridized carbons (Fsp3) is 0.636. The van der Waals surface area contributed by atoms with Gasteiger partial charge in [-0.05, 0) is 26.7 Å². The monoisotopic (exact) mass is 255 g/mol. The summed E-state index contributed by atoms with van der Waals surface area (Å²) in [5.74, 6) is 1.94. The van der Waals surface area contributed by atoms with Crippen LogP contribution in [0.2, 0.25) is 0 Å². The first kappa shape index (κ1) is 12.3. The molecule has 0 bridgehead atoms. The Morgan fingerprint density at radius 3 is 2.76 bits per heavy atom. The largest absolute Gasteiger partial charge is 0.366 e. The lowest BCUT2D eigenvalue weighted by atomic mass is 10.2. The van der Waals surface area contributed by atoms with Gasteiger partial charge in [0, 0.05) is 17.8 Å². The van der Waals surface area contributed by atoms with E-state index in [4.69, 9.17) is 0 Å². The Balaban J connectivity index is 2.10. The van der Waals surface area contributed by atoms with Gasteiger partial charge in [-0.1, -0.05) is 0 Å². The van der Waals surface area contributed by atoms with Crippen molar-refractivity contribution in [3.05, 3.63) is 17.6 Å². The Labute approximate surface area is 102 Å². The standard InChI is InChI=1S/C11H17N3O2S/c1-8-6-11(13-9(2)12-8)14-10-4-3-5-17(15,16)7-10/h6,10H,3-5,7H2,1-2H3,(H,12,13,14). The molecule has 17 heavy (non-hydrogen) atoms. The van der Waals surface area contributed by atoms with Crippen molar-refractivity contribution in [3.8, 4) is 0 Å². The lowest BCUT2D eigenvalue weighted by Gasteiger charge is -2.23. The van der Waals surface area contributed by atoms with Crippen LogP contribution in [-0.4, -0.2) is 35.9 Å². The Morgan fingerprint density at radius 2 is 2.12 bits per heavy atom. The maximum Gasteiger partial charge on any atom is 0.152 e. The molecule has 0 spiro atoms. The number of rotatable bonds is 2. The van der Waals surface area contributed by atoms with E-state index in [1.807, 2.05) is 19.9 Å². The first-order valence-electron chi connectivity index (χ1n) is 5.74. The molecule has 1 N–H and O–H groups in total. The maximum absolute atomic E-state index is 11.5. The molecule has 0 aromatic carbocycles. The van der Waals surface area contributed by atoms with Gasteiger partial charge in [-0.3, -0.25) is 0 Å². The SMILES string of the molecule is Cc1cc(NC2CCCS(=O)(=O)C2)nc(C)n1. The zero-order chi connectivity index (χ0) is 12.5. The Morgan fingerprint density at radius 1 is 1.35 bits per heavy atom. The second kappa shape index (κ2) is 4.60. The number of hydrogen-bond acceptors (Lipinski definition) is 5. The van der Waals surface area contributed by atoms with Crippen molar-refractivity contribution in [2.24, 2.45) is 0 Å². The van der Waals surface area contributed by atoms with Crippen LogP contribution < -0.4 is 5.32 Å². The van der Waals surface area contributed by atoms with Crippen molar-refractivity contribution in [1.82, 2.24) is 9.97 Å². The summed E-state index contributed by atoms with van der Waals surface area (Å²) in [5.41, 5.74) is 0.888. The van der Waals surface area contributed by atoms with Gasteiger partial charge < -0.3 is 5.32 Å². The molecule has 1 unspecified atom stereocenters. The zero-order valence-corrected chi connectivity index (χ0v) is 10.9. The van der Waals surface area contributed by atoms with E-state index in [0.29, 0.717) is 11.6 Å². The van der Waals surface area contributed by atoms with Crippen LogP contribution >= 0.6 is 0 Å². The van der Waals surface area contributed by atoms with Crippen molar-refractivity contribution in [3.63, 3.8) is 0 Å². The van der Waals surface area contributed by atoms with Crippen LogP contribution in [0.4, 0.5) is 5.82 Å². The van der Waals surface area contributed by atoms with Gasteiger partial charge in [0.05, 0.1) is 11.5 Å². The average molecular weight is 255 g/mol. The molecule has 1 aliphatic rings. The molecule has 2 rings (SSSR count). The van der Waals surface area contributed by atoms with Gasteiger partial charge in [0.1, 0.15) is 11.6 Å². The Bertz CT molecular complexity index is 493. The summed E-state index contributed by atoms with van der Waals surface area (Å²) < 4.78 is 23.0. The number of nitrogens with zero attached hydrogens (tertiary/aromatic N) is 2. The number of nitrogens with one attached hydrogen (secondary N) is 1. The third-order valence-electron chi connectivity index (χ3n) is 2.78. The number of aryl methyl sites for hydroxylation is 2. The fourth-order valence-electron chi connectivity index (χ4n) is 2.14. The number of anilines is 1. The van der Waals surface area contributed by atoms with Crippen LogP contribution in [0.5, 0.6) is 0 Å². The first-order chi connectivity index (χ1) is 7.94.